The van der Waals surface area contributed by atoms with Gasteiger partial charge < -0.3 is 5.32 Å². The highest BCUT2D eigenvalue weighted by molar-refractivity contribution is 14.1. The van der Waals surface area contributed by atoms with Crippen molar-refractivity contribution in [1.82, 2.24) is 0 Å². The minimum absolute atomic E-state index is 0.0296. The van der Waals surface area contributed by atoms with Gasteiger partial charge in [0.2, 0.25) is 0 Å². The molecule has 2 aromatic carbocycles. The van der Waals surface area contributed by atoms with Crippen molar-refractivity contribution in [1.29, 1.82) is 0 Å². The van der Waals surface area contributed by atoms with Gasteiger partial charge in [-0.3, -0.25) is 14.9 Å². The topological polar surface area (TPSA) is 72.2 Å². The van der Waals surface area contributed by atoms with Gasteiger partial charge in [0, 0.05) is 21.3 Å². The third kappa shape index (κ3) is 3.29. The van der Waals surface area contributed by atoms with E-state index in [-0.39, 0.29) is 16.9 Å². The van der Waals surface area contributed by atoms with Gasteiger partial charge in [0.25, 0.3) is 11.6 Å². The van der Waals surface area contributed by atoms with Gasteiger partial charge >= 0.3 is 0 Å². The fourth-order valence-corrected chi connectivity index (χ4v) is 2.00. The number of non-ortho nitro benzene ring substituents is 1. The van der Waals surface area contributed by atoms with Crippen molar-refractivity contribution in [2.45, 2.75) is 0 Å². The van der Waals surface area contributed by atoms with Gasteiger partial charge in [-0.25, -0.2) is 4.39 Å². The van der Waals surface area contributed by atoms with Crippen LogP contribution in [0.1, 0.15) is 10.4 Å². The SMILES string of the molecule is O=C(Nc1ccc(I)cc1F)c1cccc([N+](=O)[O-])c1. The lowest BCUT2D eigenvalue weighted by molar-refractivity contribution is -0.384. The van der Waals surface area contributed by atoms with E-state index in [1.165, 1.54) is 30.3 Å². The number of hydrogen-bond donors (Lipinski definition) is 1. The summed E-state index contributed by atoms with van der Waals surface area (Å²) in [6.07, 6.45) is 0. The maximum atomic E-state index is 13.6. The van der Waals surface area contributed by atoms with E-state index >= 15 is 0 Å². The van der Waals surface area contributed by atoms with Crippen LogP contribution in [0.5, 0.6) is 0 Å². The molecule has 2 aromatic rings. The zero-order valence-corrected chi connectivity index (χ0v) is 12.1. The van der Waals surface area contributed by atoms with Crippen molar-refractivity contribution in [3.63, 3.8) is 0 Å². The van der Waals surface area contributed by atoms with Crippen molar-refractivity contribution in [3.8, 4) is 0 Å². The molecule has 0 aromatic heterocycles. The first-order valence-electron chi connectivity index (χ1n) is 5.48. The molecule has 7 heteroatoms. The molecule has 0 saturated heterocycles. The van der Waals surface area contributed by atoms with Crippen LogP contribution in [0.25, 0.3) is 0 Å². The molecule has 5 nitrogen and oxygen atoms in total. The van der Waals surface area contributed by atoms with Crippen LogP contribution in [0.15, 0.2) is 42.5 Å². The van der Waals surface area contributed by atoms with Crippen LogP contribution >= 0.6 is 22.6 Å². The molecule has 0 unspecified atom stereocenters. The van der Waals surface area contributed by atoms with Crippen LogP contribution in [0.2, 0.25) is 0 Å². The molecule has 0 atom stereocenters. The monoisotopic (exact) mass is 386 g/mol. The number of carbonyl (C=O) groups is 1. The van der Waals surface area contributed by atoms with Crippen LogP contribution < -0.4 is 5.32 Å². The molecule has 0 saturated carbocycles. The Labute approximate surface area is 127 Å². The molecule has 0 aliphatic carbocycles. The minimum Gasteiger partial charge on any atom is -0.319 e. The molecule has 20 heavy (non-hydrogen) atoms. The van der Waals surface area contributed by atoms with E-state index < -0.39 is 16.6 Å². The lowest BCUT2D eigenvalue weighted by Crippen LogP contribution is -2.13. The van der Waals surface area contributed by atoms with Crippen molar-refractivity contribution in [3.05, 3.63) is 67.5 Å². The molecule has 1 amide bonds. The van der Waals surface area contributed by atoms with Crippen molar-refractivity contribution in [2.75, 3.05) is 5.32 Å². The van der Waals surface area contributed by atoms with Gasteiger partial charge in [0.1, 0.15) is 5.82 Å². The maximum absolute atomic E-state index is 13.6. The minimum atomic E-state index is -0.603. The molecule has 1 N–H and O–H groups in total. The molecule has 0 aliphatic heterocycles. The molecule has 102 valence electrons. The van der Waals surface area contributed by atoms with E-state index in [1.807, 2.05) is 22.6 Å². The quantitative estimate of drug-likeness (QED) is 0.498. The Morgan fingerprint density at radius 1 is 1.25 bits per heavy atom. The van der Waals surface area contributed by atoms with E-state index in [0.717, 1.165) is 6.07 Å². The number of anilines is 1. The number of nitro groups is 1. The first-order valence-corrected chi connectivity index (χ1v) is 6.56. The van der Waals surface area contributed by atoms with Gasteiger partial charge in [-0.15, -0.1) is 0 Å². The van der Waals surface area contributed by atoms with Gasteiger partial charge in [0.05, 0.1) is 10.6 Å². The summed E-state index contributed by atoms with van der Waals surface area (Å²) in [4.78, 5) is 22.0. The molecule has 0 heterocycles. The summed E-state index contributed by atoms with van der Waals surface area (Å²) in [6.45, 7) is 0. The molecule has 0 fully saturated rings. The lowest BCUT2D eigenvalue weighted by atomic mass is 10.2. The Morgan fingerprint density at radius 3 is 2.65 bits per heavy atom. The van der Waals surface area contributed by atoms with Crippen molar-refractivity contribution >= 4 is 39.9 Å². The molecule has 0 bridgehead atoms. The fraction of sp³-hybridized carbons (Fsp3) is 0. The summed E-state index contributed by atoms with van der Waals surface area (Å²) >= 11 is 1.95. The largest absolute Gasteiger partial charge is 0.319 e. The zero-order valence-electron chi connectivity index (χ0n) is 9.97. The fourth-order valence-electron chi connectivity index (χ4n) is 1.55. The Morgan fingerprint density at radius 2 is 2.00 bits per heavy atom. The average molecular weight is 386 g/mol. The molecular weight excluding hydrogens is 378 g/mol. The molecular formula is C13H8FIN2O3. The summed E-state index contributed by atoms with van der Waals surface area (Å²) in [7, 11) is 0. The average Bonchev–Trinajstić information content (AvgIpc) is 2.42. The first kappa shape index (κ1) is 14.4. The zero-order chi connectivity index (χ0) is 14.7. The van der Waals surface area contributed by atoms with Crippen LogP contribution in [0.3, 0.4) is 0 Å². The summed E-state index contributed by atoms with van der Waals surface area (Å²) in [5.74, 6) is -1.16. The molecule has 0 spiro atoms. The Hall–Kier alpha value is -2.03. The standard InChI is InChI=1S/C13H8FIN2O3/c14-11-7-9(15)4-5-12(11)16-13(18)8-2-1-3-10(6-8)17(19)20/h1-7H,(H,16,18). The first-order chi connectivity index (χ1) is 9.47. The van der Waals surface area contributed by atoms with Gasteiger partial charge in [-0.2, -0.15) is 0 Å². The molecule has 0 aliphatic rings. The van der Waals surface area contributed by atoms with Crippen molar-refractivity contribution < 1.29 is 14.1 Å². The second kappa shape index (κ2) is 5.95. The molecule has 2 rings (SSSR count). The summed E-state index contributed by atoms with van der Waals surface area (Å²) in [5.41, 5.74) is -0.0696. The predicted octanol–water partition coefficient (Wildman–Crippen LogP) is 3.59. The van der Waals surface area contributed by atoms with E-state index in [1.54, 1.807) is 6.07 Å². The summed E-state index contributed by atoms with van der Waals surface area (Å²) in [5, 5.41) is 13.0. The summed E-state index contributed by atoms with van der Waals surface area (Å²) in [6, 6.07) is 9.61. The number of rotatable bonds is 3. The Kier molecular flexibility index (Phi) is 4.28. The number of nitro benzene ring substituents is 1. The highest BCUT2D eigenvalue weighted by atomic mass is 127. The maximum Gasteiger partial charge on any atom is 0.270 e. The predicted molar refractivity (Wildman–Crippen MR) is 80.2 cm³/mol. The number of hydrogen-bond acceptors (Lipinski definition) is 3. The van der Waals surface area contributed by atoms with E-state index in [2.05, 4.69) is 5.32 Å². The van der Waals surface area contributed by atoms with Crippen molar-refractivity contribution in [2.24, 2.45) is 0 Å². The number of nitrogens with one attached hydrogen (secondary N) is 1. The second-order valence-corrected chi connectivity index (χ2v) is 5.13. The van der Waals surface area contributed by atoms with Crippen LogP contribution in [-0.4, -0.2) is 10.8 Å². The Bertz CT molecular complexity index is 691. The van der Waals surface area contributed by atoms with Crippen LogP contribution in [0.4, 0.5) is 15.8 Å². The number of nitrogens with zero attached hydrogens (tertiary/aromatic N) is 1. The van der Waals surface area contributed by atoms with E-state index in [9.17, 15) is 19.3 Å². The Balaban J connectivity index is 2.24. The van der Waals surface area contributed by atoms with Crippen LogP contribution in [-0.2, 0) is 0 Å². The smallest absolute Gasteiger partial charge is 0.270 e. The van der Waals surface area contributed by atoms with Gasteiger partial charge in [0.15, 0.2) is 0 Å². The third-order valence-electron chi connectivity index (χ3n) is 2.50. The van der Waals surface area contributed by atoms with Crippen LogP contribution in [0, 0.1) is 19.5 Å². The number of halogens is 2. The van der Waals surface area contributed by atoms with E-state index in [0.29, 0.717) is 3.57 Å². The lowest BCUT2D eigenvalue weighted by Gasteiger charge is -2.06. The highest BCUT2D eigenvalue weighted by Gasteiger charge is 2.13. The number of benzene rings is 2. The van der Waals surface area contributed by atoms with Gasteiger partial charge in [-0.1, -0.05) is 6.07 Å². The highest BCUT2D eigenvalue weighted by Crippen LogP contribution is 2.19. The van der Waals surface area contributed by atoms with Gasteiger partial charge in [-0.05, 0) is 46.9 Å². The summed E-state index contributed by atoms with van der Waals surface area (Å²) < 4.78 is 14.3. The third-order valence-corrected chi connectivity index (χ3v) is 3.17. The number of carbonyl (C=O) groups excluding carboxylic acids is 1. The second-order valence-electron chi connectivity index (χ2n) is 3.89. The normalized spacial score (nSPS) is 10.1. The number of amides is 1. The molecule has 0 radical (unpaired) electrons. The van der Waals surface area contributed by atoms with E-state index in [4.69, 9.17) is 0 Å².